The molecule has 3 rings (SSSR count). The Kier molecular flexibility index (Phi) is 5.63. The van der Waals surface area contributed by atoms with E-state index in [0.717, 1.165) is 35.4 Å². The van der Waals surface area contributed by atoms with E-state index in [9.17, 15) is 9.90 Å². The summed E-state index contributed by atoms with van der Waals surface area (Å²) in [4.78, 5) is 16.4. The molecule has 136 valence electrons. The van der Waals surface area contributed by atoms with Crippen LogP contribution in [0, 0.1) is 13.8 Å². The van der Waals surface area contributed by atoms with Crippen LogP contribution in [0.2, 0.25) is 0 Å². The molecule has 0 amide bonds. The van der Waals surface area contributed by atoms with Gasteiger partial charge in [-0.3, -0.25) is 0 Å². The Balaban J connectivity index is 1.83. The minimum atomic E-state index is -1.71. The highest BCUT2D eigenvalue weighted by Gasteiger charge is 2.45. The summed E-state index contributed by atoms with van der Waals surface area (Å²) in [5.41, 5.74) is -1.71. The van der Waals surface area contributed by atoms with Crippen LogP contribution in [0.4, 0.5) is 0 Å². The lowest BCUT2D eigenvalue weighted by molar-refractivity contribution is -0.169. The van der Waals surface area contributed by atoms with Crippen LogP contribution in [0.15, 0.2) is 24.3 Å². The molecule has 2 aromatic heterocycles. The van der Waals surface area contributed by atoms with Gasteiger partial charge in [0.1, 0.15) is 6.10 Å². The van der Waals surface area contributed by atoms with E-state index in [4.69, 9.17) is 4.74 Å². The zero-order valence-electron chi connectivity index (χ0n) is 14.9. The topological polar surface area (TPSA) is 58.6 Å². The van der Waals surface area contributed by atoms with Crippen molar-refractivity contribution >= 4 is 28.6 Å². The third-order valence-electron chi connectivity index (χ3n) is 4.85. The van der Waals surface area contributed by atoms with Crippen LogP contribution in [0.25, 0.3) is 0 Å². The van der Waals surface area contributed by atoms with Crippen LogP contribution in [0.3, 0.4) is 0 Å². The summed E-state index contributed by atoms with van der Waals surface area (Å²) >= 11 is 2.88. The molecule has 1 saturated carbocycles. The Hall–Kier alpha value is -1.21. The molecular weight excluding hydrogens is 354 g/mol. The van der Waals surface area contributed by atoms with E-state index in [2.05, 4.69) is 5.32 Å². The first-order valence-corrected chi connectivity index (χ1v) is 10.3. The van der Waals surface area contributed by atoms with E-state index >= 15 is 0 Å². The second kappa shape index (κ2) is 7.58. The van der Waals surface area contributed by atoms with E-state index in [1.54, 1.807) is 0 Å². The first kappa shape index (κ1) is 18.6. The average Bonchev–Trinajstić information content (AvgIpc) is 3.23. The quantitative estimate of drug-likeness (QED) is 0.777. The van der Waals surface area contributed by atoms with Crippen LogP contribution in [0.1, 0.15) is 45.2 Å². The Morgan fingerprint density at radius 2 is 1.60 bits per heavy atom. The second-order valence-corrected chi connectivity index (χ2v) is 9.27. The van der Waals surface area contributed by atoms with Gasteiger partial charge in [-0.15, -0.1) is 22.7 Å². The maximum atomic E-state index is 13.0. The molecular formula is C19H25NO3S2. The second-order valence-electron chi connectivity index (χ2n) is 6.70. The van der Waals surface area contributed by atoms with E-state index in [-0.39, 0.29) is 6.10 Å². The minimum absolute atomic E-state index is 0.120. The molecule has 0 bridgehead atoms. The molecule has 0 spiro atoms. The number of rotatable bonds is 5. The summed E-state index contributed by atoms with van der Waals surface area (Å²) in [6.07, 6.45) is 3.53. The molecule has 25 heavy (non-hydrogen) atoms. The summed E-state index contributed by atoms with van der Waals surface area (Å²) in [7, 11) is 1.97. The predicted molar refractivity (Wildman–Crippen MR) is 102 cm³/mol. The third-order valence-corrected chi connectivity index (χ3v) is 7.06. The van der Waals surface area contributed by atoms with Crippen LogP contribution in [-0.2, 0) is 15.1 Å². The van der Waals surface area contributed by atoms with Crippen molar-refractivity contribution in [3.05, 3.63) is 43.8 Å². The monoisotopic (exact) mass is 379 g/mol. The summed E-state index contributed by atoms with van der Waals surface area (Å²) in [5.74, 6) is -0.552. The SMILES string of the molecule is CN[C@H]1CC[C@H](OC(=O)C(O)(c2ccc(C)s2)c2ccc(C)s2)CC1. The molecule has 0 aliphatic heterocycles. The molecule has 0 aromatic carbocycles. The van der Waals surface area contributed by atoms with Gasteiger partial charge in [-0.25, -0.2) is 4.79 Å². The molecule has 1 fully saturated rings. The maximum absolute atomic E-state index is 13.0. The van der Waals surface area contributed by atoms with Crippen molar-refractivity contribution in [2.75, 3.05) is 7.05 Å². The van der Waals surface area contributed by atoms with Gasteiger partial charge in [0, 0.05) is 15.8 Å². The van der Waals surface area contributed by atoms with Gasteiger partial charge in [0.05, 0.1) is 9.75 Å². The summed E-state index contributed by atoms with van der Waals surface area (Å²) < 4.78 is 5.77. The first-order valence-electron chi connectivity index (χ1n) is 8.68. The molecule has 2 aromatic rings. The molecule has 6 heteroatoms. The molecule has 1 aliphatic carbocycles. The third kappa shape index (κ3) is 3.82. The Labute approximate surface area is 156 Å². The van der Waals surface area contributed by atoms with E-state index in [1.807, 2.05) is 45.2 Å². The number of hydrogen-bond acceptors (Lipinski definition) is 6. The number of hydrogen-bond donors (Lipinski definition) is 2. The van der Waals surface area contributed by atoms with Crippen molar-refractivity contribution in [3.63, 3.8) is 0 Å². The van der Waals surface area contributed by atoms with E-state index < -0.39 is 11.6 Å². The zero-order chi connectivity index (χ0) is 18.0. The minimum Gasteiger partial charge on any atom is -0.460 e. The fourth-order valence-electron chi connectivity index (χ4n) is 3.29. The lowest BCUT2D eigenvalue weighted by Crippen LogP contribution is -2.41. The Bertz CT molecular complexity index is 688. The summed E-state index contributed by atoms with van der Waals surface area (Å²) in [5, 5.41) is 14.7. The summed E-state index contributed by atoms with van der Waals surface area (Å²) in [6.45, 7) is 3.94. The van der Waals surface area contributed by atoms with Crippen molar-refractivity contribution in [3.8, 4) is 0 Å². The lowest BCUT2D eigenvalue weighted by atomic mass is 9.92. The van der Waals surface area contributed by atoms with Gasteiger partial charge in [-0.05, 0) is 70.8 Å². The van der Waals surface area contributed by atoms with Gasteiger partial charge in [0.25, 0.3) is 0 Å². The zero-order valence-corrected chi connectivity index (χ0v) is 16.5. The molecule has 0 saturated heterocycles. The summed E-state index contributed by atoms with van der Waals surface area (Å²) in [6, 6.07) is 8.00. The normalized spacial score (nSPS) is 21.3. The number of thiophene rings is 2. The molecule has 1 aliphatic rings. The standard InChI is InChI=1S/C19H25NO3S2/c1-12-4-10-16(24-12)19(22,17-11-5-13(2)25-17)18(21)23-15-8-6-14(20-3)7-9-15/h4-5,10-11,14-15,20,22H,6-9H2,1-3H3/t14-,15-. The van der Waals surface area contributed by atoms with Gasteiger partial charge >= 0.3 is 5.97 Å². The number of carbonyl (C=O) groups is 1. The van der Waals surface area contributed by atoms with Gasteiger partial charge in [0.15, 0.2) is 0 Å². The number of aliphatic hydroxyl groups is 1. The van der Waals surface area contributed by atoms with Gasteiger partial charge in [0.2, 0.25) is 5.60 Å². The van der Waals surface area contributed by atoms with Crippen LogP contribution >= 0.6 is 22.7 Å². The lowest BCUT2D eigenvalue weighted by Gasteiger charge is -2.31. The molecule has 0 atom stereocenters. The number of esters is 1. The molecule has 0 unspecified atom stereocenters. The highest BCUT2D eigenvalue weighted by molar-refractivity contribution is 7.14. The molecule has 4 nitrogen and oxygen atoms in total. The van der Waals surface area contributed by atoms with Crippen LogP contribution < -0.4 is 5.32 Å². The average molecular weight is 380 g/mol. The number of aryl methyl sites for hydroxylation is 2. The number of nitrogens with one attached hydrogen (secondary N) is 1. The largest absolute Gasteiger partial charge is 0.460 e. The highest BCUT2D eigenvalue weighted by Crippen LogP contribution is 2.39. The van der Waals surface area contributed by atoms with Crippen LogP contribution in [-0.4, -0.2) is 30.3 Å². The van der Waals surface area contributed by atoms with Crippen molar-refractivity contribution < 1.29 is 14.6 Å². The number of carbonyl (C=O) groups excluding carboxylic acids is 1. The molecule has 2 N–H and O–H groups in total. The Morgan fingerprint density at radius 3 is 2.00 bits per heavy atom. The van der Waals surface area contributed by atoms with E-state index in [0.29, 0.717) is 15.8 Å². The predicted octanol–water partition coefficient (Wildman–Crippen LogP) is 3.74. The smallest absolute Gasteiger partial charge is 0.349 e. The van der Waals surface area contributed by atoms with Gasteiger partial charge < -0.3 is 15.2 Å². The van der Waals surface area contributed by atoms with Gasteiger partial charge in [-0.1, -0.05) is 0 Å². The Morgan fingerprint density at radius 1 is 1.08 bits per heavy atom. The van der Waals surface area contributed by atoms with Gasteiger partial charge in [-0.2, -0.15) is 0 Å². The maximum Gasteiger partial charge on any atom is 0.349 e. The first-order chi connectivity index (χ1) is 11.9. The van der Waals surface area contributed by atoms with Crippen LogP contribution in [0.5, 0.6) is 0 Å². The van der Waals surface area contributed by atoms with Crippen molar-refractivity contribution in [1.82, 2.24) is 5.32 Å². The van der Waals surface area contributed by atoms with Crippen molar-refractivity contribution in [2.24, 2.45) is 0 Å². The fraction of sp³-hybridized carbons (Fsp3) is 0.526. The molecule has 0 radical (unpaired) electrons. The van der Waals surface area contributed by atoms with Crippen molar-refractivity contribution in [2.45, 2.75) is 57.3 Å². The fourth-order valence-corrected chi connectivity index (χ4v) is 5.27. The molecule has 2 heterocycles. The van der Waals surface area contributed by atoms with Crippen molar-refractivity contribution in [1.29, 1.82) is 0 Å². The highest BCUT2D eigenvalue weighted by atomic mass is 32.1. The van der Waals surface area contributed by atoms with E-state index in [1.165, 1.54) is 22.7 Å². The number of ether oxygens (including phenoxy) is 1.